The van der Waals surface area contributed by atoms with Crippen LogP contribution in [0.4, 0.5) is 5.13 Å². The molecular weight excluding hydrogens is 443 g/mol. The van der Waals surface area contributed by atoms with E-state index in [2.05, 4.69) is 21.7 Å². The third-order valence-corrected chi connectivity index (χ3v) is 5.20. The maximum atomic E-state index is 12.5. The normalized spacial score (nSPS) is 11.3. The summed E-state index contributed by atoms with van der Waals surface area (Å²) in [7, 11) is 0. The highest BCUT2D eigenvalue weighted by molar-refractivity contribution is 7.13. The van der Waals surface area contributed by atoms with Gasteiger partial charge in [0.15, 0.2) is 5.13 Å². The Bertz CT molecular complexity index is 994. The van der Waals surface area contributed by atoms with Crippen molar-refractivity contribution in [3.8, 4) is 0 Å². The smallest absolute Gasteiger partial charge is 0.228 e. The van der Waals surface area contributed by atoms with E-state index in [0.29, 0.717) is 17.4 Å². The van der Waals surface area contributed by atoms with Gasteiger partial charge in [-0.3, -0.25) is 9.59 Å². The topological polar surface area (TPSA) is 97.1 Å². The summed E-state index contributed by atoms with van der Waals surface area (Å²) in [6.07, 6.45) is 0.137. The van der Waals surface area contributed by atoms with E-state index in [4.69, 9.17) is 5.73 Å². The molecular formula is C21H26Cl2N4O2S. The second-order valence-electron chi connectivity index (χ2n) is 6.93. The second-order valence-corrected chi connectivity index (χ2v) is 7.79. The SMILES string of the molecule is CC(C)C(=O)Nc1nc(CC(=O)NC(CN)c2ccc3ccccc3c2)cs1.Cl.Cl. The van der Waals surface area contributed by atoms with Crippen molar-refractivity contribution in [1.82, 2.24) is 10.3 Å². The number of rotatable bonds is 7. The van der Waals surface area contributed by atoms with E-state index in [-0.39, 0.29) is 55.0 Å². The lowest BCUT2D eigenvalue weighted by molar-refractivity contribution is -0.121. The van der Waals surface area contributed by atoms with Crippen LogP contribution in [-0.4, -0.2) is 23.3 Å². The summed E-state index contributed by atoms with van der Waals surface area (Å²) in [5.74, 6) is -0.372. The zero-order valence-electron chi connectivity index (χ0n) is 16.8. The molecule has 0 aliphatic carbocycles. The minimum atomic E-state index is -0.268. The van der Waals surface area contributed by atoms with Crippen molar-refractivity contribution < 1.29 is 9.59 Å². The van der Waals surface area contributed by atoms with Gasteiger partial charge in [-0.15, -0.1) is 36.2 Å². The van der Waals surface area contributed by atoms with Gasteiger partial charge in [0.2, 0.25) is 11.8 Å². The predicted molar refractivity (Wildman–Crippen MR) is 128 cm³/mol. The number of thiazole rings is 1. The third-order valence-electron chi connectivity index (χ3n) is 4.39. The monoisotopic (exact) mass is 468 g/mol. The van der Waals surface area contributed by atoms with Crippen molar-refractivity contribution >= 4 is 63.9 Å². The number of nitrogens with one attached hydrogen (secondary N) is 2. The Morgan fingerprint density at radius 3 is 2.47 bits per heavy atom. The molecule has 0 aliphatic rings. The number of aromatic nitrogens is 1. The maximum absolute atomic E-state index is 12.5. The molecule has 0 aliphatic heterocycles. The minimum absolute atomic E-state index is 0. The number of hydrogen-bond donors (Lipinski definition) is 3. The molecule has 2 aromatic carbocycles. The first-order valence-electron chi connectivity index (χ1n) is 9.19. The molecule has 2 amide bonds. The predicted octanol–water partition coefficient (Wildman–Crippen LogP) is 4.09. The first kappa shape index (κ1) is 25.8. The number of halogens is 2. The Morgan fingerprint density at radius 2 is 1.80 bits per heavy atom. The molecule has 162 valence electrons. The van der Waals surface area contributed by atoms with Crippen molar-refractivity contribution in [2.75, 3.05) is 11.9 Å². The van der Waals surface area contributed by atoms with Gasteiger partial charge in [-0.05, 0) is 22.4 Å². The van der Waals surface area contributed by atoms with E-state index in [1.54, 1.807) is 5.38 Å². The number of nitrogens with two attached hydrogens (primary N) is 1. The number of fused-ring (bicyclic) bond motifs is 1. The van der Waals surface area contributed by atoms with Gasteiger partial charge in [0.25, 0.3) is 0 Å². The number of hydrogen-bond acceptors (Lipinski definition) is 5. The average Bonchev–Trinajstić information content (AvgIpc) is 3.12. The van der Waals surface area contributed by atoms with Gasteiger partial charge in [0, 0.05) is 17.8 Å². The Morgan fingerprint density at radius 1 is 1.10 bits per heavy atom. The highest BCUT2D eigenvalue weighted by atomic mass is 35.5. The van der Waals surface area contributed by atoms with Crippen LogP contribution in [0.1, 0.15) is 31.1 Å². The van der Waals surface area contributed by atoms with Crippen LogP contribution in [0.3, 0.4) is 0 Å². The van der Waals surface area contributed by atoms with Gasteiger partial charge in [0.1, 0.15) is 0 Å². The highest BCUT2D eigenvalue weighted by Gasteiger charge is 2.16. The molecule has 0 fully saturated rings. The molecule has 0 spiro atoms. The van der Waals surface area contributed by atoms with Crippen LogP contribution in [0.15, 0.2) is 47.8 Å². The molecule has 1 atom stereocenters. The van der Waals surface area contributed by atoms with Gasteiger partial charge in [-0.2, -0.15) is 0 Å². The maximum Gasteiger partial charge on any atom is 0.228 e. The number of anilines is 1. The number of carbonyl (C=O) groups excluding carboxylic acids is 2. The second kappa shape index (κ2) is 11.9. The van der Waals surface area contributed by atoms with Crippen LogP contribution in [0.2, 0.25) is 0 Å². The molecule has 1 heterocycles. The van der Waals surface area contributed by atoms with Crippen molar-refractivity contribution in [3.63, 3.8) is 0 Å². The van der Waals surface area contributed by atoms with E-state index >= 15 is 0 Å². The molecule has 30 heavy (non-hydrogen) atoms. The Balaban J connectivity index is 0.00000225. The first-order valence-corrected chi connectivity index (χ1v) is 10.1. The van der Waals surface area contributed by atoms with Crippen molar-refractivity contribution in [2.24, 2.45) is 11.7 Å². The van der Waals surface area contributed by atoms with E-state index in [9.17, 15) is 9.59 Å². The summed E-state index contributed by atoms with van der Waals surface area (Å²) in [5.41, 5.74) is 7.49. The van der Waals surface area contributed by atoms with Crippen LogP contribution >= 0.6 is 36.2 Å². The fourth-order valence-electron chi connectivity index (χ4n) is 2.81. The number of nitrogens with zero attached hydrogens (tertiary/aromatic N) is 1. The summed E-state index contributed by atoms with van der Waals surface area (Å²) < 4.78 is 0. The minimum Gasteiger partial charge on any atom is -0.348 e. The van der Waals surface area contributed by atoms with Gasteiger partial charge in [-0.25, -0.2) is 4.98 Å². The summed E-state index contributed by atoms with van der Waals surface area (Å²) in [6.45, 7) is 3.94. The van der Waals surface area contributed by atoms with Gasteiger partial charge in [0.05, 0.1) is 18.2 Å². The lowest BCUT2D eigenvalue weighted by atomic mass is 10.0. The summed E-state index contributed by atoms with van der Waals surface area (Å²) in [5, 5.41) is 10.3. The molecule has 0 saturated heterocycles. The highest BCUT2D eigenvalue weighted by Crippen LogP contribution is 2.21. The largest absolute Gasteiger partial charge is 0.348 e. The van der Waals surface area contributed by atoms with Crippen molar-refractivity contribution in [1.29, 1.82) is 0 Å². The fraction of sp³-hybridized carbons (Fsp3) is 0.286. The summed E-state index contributed by atoms with van der Waals surface area (Å²) in [6, 6.07) is 13.9. The molecule has 0 bridgehead atoms. The molecule has 9 heteroatoms. The average molecular weight is 469 g/mol. The Labute approximate surface area is 192 Å². The van der Waals surface area contributed by atoms with E-state index in [0.717, 1.165) is 16.3 Å². The molecule has 6 nitrogen and oxygen atoms in total. The van der Waals surface area contributed by atoms with E-state index < -0.39 is 0 Å². The number of benzene rings is 2. The lowest BCUT2D eigenvalue weighted by Crippen LogP contribution is -2.34. The number of amides is 2. The Kier molecular flexibility index (Phi) is 10.2. The van der Waals surface area contributed by atoms with Gasteiger partial charge in [-0.1, -0.05) is 50.2 Å². The zero-order valence-corrected chi connectivity index (χ0v) is 19.2. The summed E-state index contributed by atoms with van der Waals surface area (Å²) >= 11 is 1.31. The lowest BCUT2D eigenvalue weighted by Gasteiger charge is -2.17. The standard InChI is InChI=1S/C21H24N4O2S.2ClH/c1-13(2)20(27)25-21-23-17(12-28-21)10-19(26)24-18(11-22)16-8-7-14-5-3-4-6-15(14)9-16;;/h3-9,12-13,18H,10-11,22H2,1-2H3,(H,24,26)(H,23,25,27);2*1H. The fourth-order valence-corrected chi connectivity index (χ4v) is 3.52. The molecule has 4 N–H and O–H groups in total. The van der Waals surface area contributed by atoms with Crippen LogP contribution in [-0.2, 0) is 16.0 Å². The third kappa shape index (κ3) is 6.67. The number of carbonyl (C=O) groups is 2. The zero-order chi connectivity index (χ0) is 20.1. The van der Waals surface area contributed by atoms with E-state index in [1.807, 2.05) is 50.2 Å². The van der Waals surface area contributed by atoms with Crippen LogP contribution < -0.4 is 16.4 Å². The molecule has 3 rings (SSSR count). The quantitative estimate of drug-likeness (QED) is 0.486. The summed E-state index contributed by atoms with van der Waals surface area (Å²) in [4.78, 5) is 28.5. The Hall–Kier alpha value is -2.19. The molecule has 0 saturated carbocycles. The molecule has 1 aromatic heterocycles. The van der Waals surface area contributed by atoms with Gasteiger partial charge >= 0.3 is 0 Å². The van der Waals surface area contributed by atoms with Crippen molar-refractivity contribution in [3.05, 3.63) is 59.1 Å². The first-order chi connectivity index (χ1) is 13.5. The van der Waals surface area contributed by atoms with Crippen molar-refractivity contribution in [2.45, 2.75) is 26.3 Å². The van der Waals surface area contributed by atoms with Gasteiger partial charge < -0.3 is 16.4 Å². The molecule has 0 radical (unpaired) electrons. The molecule has 1 unspecified atom stereocenters. The van der Waals surface area contributed by atoms with Crippen LogP contribution in [0.5, 0.6) is 0 Å². The molecule has 3 aromatic rings. The van der Waals surface area contributed by atoms with Crippen LogP contribution in [0, 0.1) is 5.92 Å². The van der Waals surface area contributed by atoms with E-state index in [1.165, 1.54) is 11.3 Å². The van der Waals surface area contributed by atoms with Crippen LogP contribution in [0.25, 0.3) is 10.8 Å².